The Morgan fingerprint density at radius 2 is 2.22 bits per heavy atom. The van der Waals surface area contributed by atoms with Gasteiger partial charge >= 0.3 is 5.97 Å². The van der Waals surface area contributed by atoms with Crippen molar-refractivity contribution in [1.29, 1.82) is 0 Å². The van der Waals surface area contributed by atoms with E-state index in [2.05, 4.69) is 5.32 Å². The molecule has 0 spiro atoms. The molecule has 1 rings (SSSR count). The molecule has 1 unspecified atom stereocenters. The number of nitrogens with one attached hydrogen (secondary N) is 1. The first-order chi connectivity index (χ1) is 8.83. The Labute approximate surface area is 113 Å². The van der Waals surface area contributed by atoms with Crippen LogP contribution >= 0.6 is 11.8 Å². The lowest BCUT2D eigenvalue weighted by Gasteiger charge is -2.22. The fourth-order valence-electron chi connectivity index (χ4n) is 1.60. The van der Waals surface area contributed by atoms with E-state index in [1.165, 1.54) is 0 Å². The molecule has 0 aliphatic carbocycles. The molecule has 1 atom stereocenters. The van der Waals surface area contributed by atoms with Gasteiger partial charge in [0.1, 0.15) is 0 Å². The predicted molar refractivity (Wildman–Crippen MR) is 72.0 cm³/mol. The van der Waals surface area contributed by atoms with Crippen molar-refractivity contribution in [1.82, 2.24) is 5.32 Å². The van der Waals surface area contributed by atoms with Crippen LogP contribution in [0.15, 0.2) is 0 Å². The van der Waals surface area contributed by atoms with E-state index in [-0.39, 0.29) is 12.0 Å². The fraction of sp³-hybridized carbons (Fsp3) is 0.917. The van der Waals surface area contributed by atoms with E-state index < -0.39 is 0 Å². The monoisotopic (exact) mass is 277 g/mol. The zero-order valence-corrected chi connectivity index (χ0v) is 11.8. The van der Waals surface area contributed by atoms with E-state index >= 15 is 0 Å². The largest absolute Gasteiger partial charge is 0.466 e. The summed E-state index contributed by atoms with van der Waals surface area (Å²) in [5.74, 6) is 2.01. The maximum Gasteiger partial charge on any atom is 0.307 e. The third-order valence-corrected chi connectivity index (χ3v) is 3.67. The number of hydrogen-bond donors (Lipinski definition) is 1. The van der Waals surface area contributed by atoms with E-state index in [0.29, 0.717) is 32.8 Å². The van der Waals surface area contributed by atoms with Crippen LogP contribution in [0, 0.1) is 0 Å². The second-order valence-corrected chi connectivity index (χ2v) is 5.26. The second kappa shape index (κ2) is 10.6. The summed E-state index contributed by atoms with van der Waals surface area (Å²) >= 11 is 1.88. The Morgan fingerprint density at radius 1 is 1.33 bits per heavy atom. The molecule has 0 radical (unpaired) electrons. The molecule has 1 aliphatic heterocycles. The van der Waals surface area contributed by atoms with Crippen LogP contribution in [0.2, 0.25) is 0 Å². The molecule has 6 heteroatoms. The van der Waals surface area contributed by atoms with Gasteiger partial charge in [0, 0.05) is 44.2 Å². The summed E-state index contributed by atoms with van der Waals surface area (Å²) in [6, 6.07) is 0.272. The average Bonchev–Trinajstić information content (AvgIpc) is 2.39. The molecule has 1 aliphatic rings. The standard InChI is InChI=1S/C12H23NO4S/c1-15-6-7-16-4-2-5-17-12(14)9-11-10-18-8-3-13-11/h11,13H,2-10H2,1H3. The quantitative estimate of drug-likeness (QED) is 0.494. The SMILES string of the molecule is COCCOCCCOC(=O)CC1CSCCN1. The van der Waals surface area contributed by atoms with Crippen molar-refractivity contribution in [2.24, 2.45) is 0 Å². The smallest absolute Gasteiger partial charge is 0.307 e. The van der Waals surface area contributed by atoms with Gasteiger partial charge in [-0.25, -0.2) is 0 Å². The van der Waals surface area contributed by atoms with E-state index in [4.69, 9.17) is 14.2 Å². The van der Waals surface area contributed by atoms with Crippen LogP contribution < -0.4 is 5.32 Å². The summed E-state index contributed by atoms with van der Waals surface area (Å²) in [4.78, 5) is 11.5. The van der Waals surface area contributed by atoms with Gasteiger partial charge in [-0.2, -0.15) is 11.8 Å². The van der Waals surface area contributed by atoms with Gasteiger partial charge in [0.05, 0.1) is 26.2 Å². The summed E-state index contributed by atoms with van der Waals surface area (Å²) in [6.45, 7) is 3.22. The number of ether oxygens (including phenoxy) is 3. The zero-order valence-electron chi connectivity index (χ0n) is 11.0. The molecule has 0 bridgehead atoms. The minimum atomic E-state index is -0.119. The van der Waals surface area contributed by atoms with Crippen LogP contribution in [0.3, 0.4) is 0 Å². The van der Waals surface area contributed by atoms with Crippen molar-refractivity contribution < 1.29 is 19.0 Å². The number of carbonyl (C=O) groups excluding carboxylic acids is 1. The fourth-order valence-corrected chi connectivity index (χ4v) is 2.55. The van der Waals surface area contributed by atoms with E-state index in [9.17, 15) is 4.79 Å². The highest BCUT2D eigenvalue weighted by Crippen LogP contribution is 2.10. The highest BCUT2D eigenvalue weighted by Gasteiger charge is 2.17. The van der Waals surface area contributed by atoms with Crippen molar-refractivity contribution in [3.63, 3.8) is 0 Å². The van der Waals surface area contributed by atoms with Crippen LogP contribution in [-0.2, 0) is 19.0 Å². The van der Waals surface area contributed by atoms with Gasteiger partial charge in [-0.15, -0.1) is 0 Å². The van der Waals surface area contributed by atoms with Gasteiger partial charge in [0.25, 0.3) is 0 Å². The first-order valence-corrected chi connectivity index (χ1v) is 7.52. The zero-order chi connectivity index (χ0) is 13.1. The van der Waals surface area contributed by atoms with E-state index in [1.54, 1.807) is 7.11 Å². The lowest BCUT2D eigenvalue weighted by atomic mass is 10.2. The number of hydrogen-bond acceptors (Lipinski definition) is 6. The maximum absolute atomic E-state index is 11.5. The van der Waals surface area contributed by atoms with Crippen LogP contribution in [0.5, 0.6) is 0 Å². The van der Waals surface area contributed by atoms with Gasteiger partial charge in [0.2, 0.25) is 0 Å². The van der Waals surface area contributed by atoms with Crippen molar-refractivity contribution in [3.8, 4) is 0 Å². The van der Waals surface area contributed by atoms with Gasteiger partial charge in [0.15, 0.2) is 0 Å². The molecule has 5 nitrogen and oxygen atoms in total. The summed E-state index contributed by atoms with van der Waals surface area (Å²) in [5.41, 5.74) is 0. The van der Waals surface area contributed by atoms with E-state index in [0.717, 1.165) is 24.5 Å². The maximum atomic E-state index is 11.5. The molecular formula is C12H23NO4S. The summed E-state index contributed by atoms with van der Waals surface area (Å²) in [6.07, 6.45) is 1.21. The van der Waals surface area contributed by atoms with Crippen LogP contribution in [0.4, 0.5) is 0 Å². The van der Waals surface area contributed by atoms with Gasteiger partial charge in [-0.3, -0.25) is 4.79 Å². The Hall–Kier alpha value is -0.300. The van der Waals surface area contributed by atoms with Crippen molar-refractivity contribution in [3.05, 3.63) is 0 Å². The molecule has 1 N–H and O–H groups in total. The summed E-state index contributed by atoms with van der Waals surface area (Å²) in [5, 5.41) is 3.31. The molecule has 1 fully saturated rings. The molecule has 0 saturated carbocycles. The van der Waals surface area contributed by atoms with Gasteiger partial charge in [-0.05, 0) is 0 Å². The Kier molecular flexibility index (Phi) is 9.28. The summed E-state index contributed by atoms with van der Waals surface area (Å²) < 4.78 is 15.3. The molecule has 0 aromatic carbocycles. The highest BCUT2D eigenvalue weighted by molar-refractivity contribution is 7.99. The molecule has 18 heavy (non-hydrogen) atoms. The van der Waals surface area contributed by atoms with Gasteiger partial charge < -0.3 is 19.5 Å². The summed E-state index contributed by atoms with van der Waals surface area (Å²) in [7, 11) is 1.64. The normalized spacial score (nSPS) is 19.7. The van der Waals surface area contributed by atoms with Crippen molar-refractivity contribution in [2.45, 2.75) is 18.9 Å². The van der Waals surface area contributed by atoms with Crippen LogP contribution in [0.25, 0.3) is 0 Å². The number of thioether (sulfide) groups is 1. The molecule has 0 aromatic rings. The lowest BCUT2D eigenvalue weighted by Crippen LogP contribution is -2.39. The van der Waals surface area contributed by atoms with Gasteiger partial charge in [-0.1, -0.05) is 0 Å². The first-order valence-electron chi connectivity index (χ1n) is 6.36. The molecular weight excluding hydrogens is 254 g/mol. The molecule has 0 aromatic heterocycles. The average molecular weight is 277 g/mol. The molecule has 1 saturated heterocycles. The van der Waals surface area contributed by atoms with E-state index in [1.807, 2.05) is 11.8 Å². The minimum Gasteiger partial charge on any atom is -0.466 e. The molecule has 0 amide bonds. The highest BCUT2D eigenvalue weighted by atomic mass is 32.2. The number of rotatable bonds is 9. The number of carbonyl (C=O) groups is 1. The number of esters is 1. The van der Waals surface area contributed by atoms with Crippen LogP contribution in [0.1, 0.15) is 12.8 Å². The van der Waals surface area contributed by atoms with Crippen LogP contribution in [-0.4, -0.2) is 63.6 Å². The first kappa shape index (κ1) is 15.8. The topological polar surface area (TPSA) is 56.8 Å². The Morgan fingerprint density at radius 3 is 2.94 bits per heavy atom. The third-order valence-electron chi connectivity index (χ3n) is 2.54. The second-order valence-electron chi connectivity index (χ2n) is 4.11. The third kappa shape index (κ3) is 7.92. The Balaban J connectivity index is 1.90. The Bertz CT molecular complexity index is 222. The minimum absolute atomic E-state index is 0.119. The number of methoxy groups -OCH3 is 1. The van der Waals surface area contributed by atoms with Crippen molar-refractivity contribution in [2.75, 3.05) is 51.6 Å². The molecule has 1 heterocycles. The predicted octanol–water partition coefficient (Wildman–Crippen LogP) is 0.678. The lowest BCUT2D eigenvalue weighted by molar-refractivity contribution is -0.144. The van der Waals surface area contributed by atoms with Crippen molar-refractivity contribution >= 4 is 17.7 Å². The molecule has 106 valence electrons.